The van der Waals surface area contributed by atoms with E-state index in [1.807, 2.05) is 0 Å². The molecule has 2 amide bonds. The maximum absolute atomic E-state index is 12.5. The van der Waals surface area contributed by atoms with Crippen LogP contribution in [0.5, 0.6) is 0 Å². The van der Waals surface area contributed by atoms with Gasteiger partial charge in [0.05, 0.1) is 25.0 Å². The van der Waals surface area contributed by atoms with Gasteiger partial charge in [0.1, 0.15) is 0 Å². The largest absolute Gasteiger partial charge is 0.502 e. The maximum Gasteiger partial charge on any atom is 0.246 e. The van der Waals surface area contributed by atoms with Crippen LogP contribution in [0.3, 0.4) is 0 Å². The fourth-order valence-electron chi connectivity index (χ4n) is 2.12. The topological polar surface area (TPSA) is 96.7 Å². The van der Waals surface area contributed by atoms with Gasteiger partial charge < -0.3 is 26.0 Å². The molecule has 7 nitrogen and oxygen atoms in total. The van der Waals surface area contributed by atoms with Crippen molar-refractivity contribution in [2.45, 2.75) is 38.3 Å². The number of nitrogens with zero attached hydrogens (tertiary/aromatic N) is 1. The maximum atomic E-state index is 12.5. The van der Waals surface area contributed by atoms with E-state index in [2.05, 4.69) is 30.4 Å². The molecule has 1 unspecified atom stereocenters. The third-order valence-electron chi connectivity index (χ3n) is 4.04. The van der Waals surface area contributed by atoms with Crippen molar-refractivity contribution >= 4 is 11.8 Å². The van der Waals surface area contributed by atoms with E-state index in [4.69, 9.17) is 10.5 Å². The molecule has 4 N–H and O–H groups in total. The zero-order chi connectivity index (χ0) is 20.8. The molecule has 0 radical (unpaired) electrons. The molecule has 0 heterocycles. The van der Waals surface area contributed by atoms with Crippen LogP contribution < -0.4 is 16.4 Å². The fourth-order valence-corrected chi connectivity index (χ4v) is 2.12. The van der Waals surface area contributed by atoms with Gasteiger partial charge in [0.2, 0.25) is 11.8 Å². The van der Waals surface area contributed by atoms with Crippen LogP contribution in [-0.4, -0.2) is 56.0 Å². The number of allylic oxidation sites excluding steroid dienone is 3. The number of methoxy groups -OCH3 is 1. The second kappa shape index (κ2) is 13.6. The van der Waals surface area contributed by atoms with Gasteiger partial charge >= 0.3 is 0 Å². The number of carbonyl (C=O) groups excluding carboxylic acids is 2. The normalized spacial score (nSPS) is 12.9. The molecule has 0 aromatic rings. The number of carbonyl (C=O) groups is 2. The van der Waals surface area contributed by atoms with E-state index >= 15 is 0 Å². The van der Waals surface area contributed by atoms with Crippen LogP contribution in [0.1, 0.15) is 26.2 Å². The SMILES string of the molecule is C=C/C=C\C(=O)N(C)CCCN[C@@H](CCC(=C)OC)C(=O)NC(C)C(=C)N. The summed E-state index contributed by atoms with van der Waals surface area (Å²) in [4.78, 5) is 25.9. The highest BCUT2D eigenvalue weighted by Crippen LogP contribution is 2.07. The zero-order valence-corrected chi connectivity index (χ0v) is 16.8. The average molecular weight is 379 g/mol. The highest BCUT2D eigenvalue weighted by Gasteiger charge is 2.20. The minimum Gasteiger partial charge on any atom is -0.502 e. The summed E-state index contributed by atoms with van der Waals surface area (Å²) in [5.41, 5.74) is 6.03. The third-order valence-corrected chi connectivity index (χ3v) is 4.04. The molecule has 0 aliphatic heterocycles. The summed E-state index contributed by atoms with van der Waals surface area (Å²) in [7, 11) is 3.29. The Morgan fingerprint density at radius 1 is 1.33 bits per heavy atom. The van der Waals surface area contributed by atoms with Crippen LogP contribution in [0.15, 0.2) is 49.4 Å². The first-order chi connectivity index (χ1) is 12.7. The molecule has 0 fully saturated rings. The van der Waals surface area contributed by atoms with Crippen LogP contribution in [-0.2, 0) is 14.3 Å². The highest BCUT2D eigenvalue weighted by atomic mass is 16.5. The molecular weight excluding hydrogens is 344 g/mol. The Morgan fingerprint density at radius 2 is 2.00 bits per heavy atom. The van der Waals surface area contributed by atoms with Crippen molar-refractivity contribution in [2.24, 2.45) is 5.73 Å². The molecule has 0 saturated heterocycles. The molecule has 2 atom stereocenters. The van der Waals surface area contributed by atoms with E-state index in [-0.39, 0.29) is 17.9 Å². The van der Waals surface area contributed by atoms with Crippen molar-refractivity contribution in [3.8, 4) is 0 Å². The number of ether oxygens (including phenoxy) is 1. The zero-order valence-electron chi connectivity index (χ0n) is 16.8. The molecule has 0 rings (SSSR count). The molecule has 0 spiro atoms. The van der Waals surface area contributed by atoms with Gasteiger partial charge in [-0.05, 0) is 26.3 Å². The van der Waals surface area contributed by atoms with Gasteiger partial charge in [0.25, 0.3) is 0 Å². The van der Waals surface area contributed by atoms with Crippen molar-refractivity contribution in [1.82, 2.24) is 15.5 Å². The summed E-state index contributed by atoms with van der Waals surface area (Å²) in [6.45, 7) is 13.9. The fraction of sp³-hybridized carbons (Fsp3) is 0.500. The smallest absolute Gasteiger partial charge is 0.246 e. The molecule has 0 aromatic carbocycles. The monoisotopic (exact) mass is 378 g/mol. The molecule has 0 aromatic heterocycles. The van der Waals surface area contributed by atoms with Gasteiger partial charge in [0, 0.05) is 31.8 Å². The summed E-state index contributed by atoms with van der Waals surface area (Å²) in [6.07, 6.45) is 6.43. The Balaban J connectivity index is 4.57. The summed E-state index contributed by atoms with van der Waals surface area (Å²) in [6, 6.07) is -0.729. The van der Waals surface area contributed by atoms with E-state index in [0.717, 1.165) is 0 Å². The molecule has 0 aliphatic carbocycles. The van der Waals surface area contributed by atoms with E-state index in [1.165, 1.54) is 6.08 Å². The van der Waals surface area contributed by atoms with Gasteiger partial charge in [0.15, 0.2) is 0 Å². The molecular formula is C20H34N4O3. The number of likely N-dealkylation sites (N-methyl/N-ethyl adjacent to an activating group) is 1. The lowest BCUT2D eigenvalue weighted by Crippen LogP contribution is -2.48. The van der Waals surface area contributed by atoms with Gasteiger partial charge in [-0.25, -0.2) is 0 Å². The van der Waals surface area contributed by atoms with Gasteiger partial charge in [-0.15, -0.1) is 0 Å². The Kier molecular flexibility index (Phi) is 12.4. The predicted octanol–water partition coefficient (Wildman–Crippen LogP) is 1.45. The van der Waals surface area contributed by atoms with Crippen molar-refractivity contribution in [2.75, 3.05) is 27.2 Å². The summed E-state index contributed by atoms with van der Waals surface area (Å²) in [5, 5.41) is 6.06. The Morgan fingerprint density at radius 3 is 2.56 bits per heavy atom. The van der Waals surface area contributed by atoms with E-state index < -0.39 is 6.04 Å². The Hall–Kier alpha value is -2.54. The number of hydrogen-bond acceptors (Lipinski definition) is 5. The van der Waals surface area contributed by atoms with Crippen LogP contribution >= 0.6 is 0 Å². The van der Waals surface area contributed by atoms with Gasteiger partial charge in [-0.1, -0.05) is 31.9 Å². The summed E-state index contributed by atoms with van der Waals surface area (Å²) < 4.78 is 5.07. The van der Waals surface area contributed by atoms with Crippen molar-refractivity contribution < 1.29 is 14.3 Å². The highest BCUT2D eigenvalue weighted by molar-refractivity contribution is 5.87. The lowest BCUT2D eigenvalue weighted by atomic mass is 10.1. The average Bonchev–Trinajstić information content (AvgIpc) is 2.64. The Bertz CT molecular complexity index is 557. The second-order valence-corrected chi connectivity index (χ2v) is 6.30. The summed E-state index contributed by atoms with van der Waals surface area (Å²) in [5.74, 6) is 0.373. The first-order valence-electron chi connectivity index (χ1n) is 8.96. The van der Waals surface area contributed by atoms with Gasteiger partial charge in [-0.2, -0.15) is 0 Å². The van der Waals surface area contributed by atoms with Crippen LogP contribution in [0, 0.1) is 0 Å². The molecule has 7 heteroatoms. The number of nitrogens with one attached hydrogen (secondary N) is 2. The van der Waals surface area contributed by atoms with Crippen LogP contribution in [0.25, 0.3) is 0 Å². The van der Waals surface area contributed by atoms with Crippen molar-refractivity contribution in [3.05, 3.63) is 49.4 Å². The minimum atomic E-state index is -0.416. The van der Waals surface area contributed by atoms with Crippen molar-refractivity contribution in [1.29, 1.82) is 0 Å². The van der Waals surface area contributed by atoms with Crippen molar-refractivity contribution in [3.63, 3.8) is 0 Å². The minimum absolute atomic E-state index is 0.0872. The van der Waals surface area contributed by atoms with Gasteiger partial charge in [-0.3, -0.25) is 9.59 Å². The molecule has 0 bridgehead atoms. The quantitative estimate of drug-likeness (QED) is 0.184. The first-order valence-corrected chi connectivity index (χ1v) is 8.96. The predicted molar refractivity (Wildman–Crippen MR) is 110 cm³/mol. The number of hydrogen-bond donors (Lipinski definition) is 3. The third kappa shape index (κ3) is 10.9. The lowest BCUT2D eigenvalue weighted by molar-refractivity contribution is -0.125. The first kappa shape index (κ1) is 24.5. The molecule has 0 saturated carbocycles. The number of amides is 2. The molecule has 152 valence electrons. The van der Waals surface area contributed by atoms with E-state index in [0.29, 0.717) is 43.8 Å². The summed E-state index contributed by atoms with van der Waals surface area (Å²) >= 11 is 0. The second-order valence-electron chi connectivity index (χ2n) is 6.30. The molecule has 27 heavy (non-hydrogen) atoms. The number of rotatable bonds is 14. The lowest BCUT2D eigenvalue weighted by Gasteiger charge is -2.22. The molecule has 0 aliphatic rings. The Labute approximate surface area is 163 Å². The van der Waals surface area contributed by atoms with E-state index in [9.17, 15) is 9.59 Å². The number of nitrogens with two attached hydrogens (primary N) is 1. The standard InChI is InChI=1S/C20H34N4O3/c1-7-8-10-19(25)24(5)14-9-13-22-18(12-11-15(2)27-6)20(26)23-17(4)16(3)21/h7-8,10,17-18,22H,1-3,9,11-14,21H2,4-6H3,(H,23,26)/b10-8-/t17?,18-/m0/s1. The van der Waals surface area contributed by atoms with Crippen LogP contribution in [0.4, 0.5) is 0 Å². The van der Waals surface area contributed by atoms with Crippen LogP contribution in [0.2, 0.25) is 0 Å². The van der Waals surface area contributed by atoms with E-state index in [1.54, 1.807) is 38.1 Å².